The number of para-hydroxylation sites is 1. The summed E-state index contributed by atoms with van der Waals surface area (Å²) in [6.45, 7) is 3.85. The molecule has 2 aliphatic heterocycles. The number of phenolic OH excluding ortho intramolecular Hbond substituents is 1. The summed E-state index contributed by atoms with van der Waals surface area (Å²) >= 11 is 9.96. The Morgan fingerprint density at radius 2 is 1.66 bits per heavy atom. The van der Waals surface area contributed by atoms with Gasteiger partial charge in [-0.2, -0.15) is 5.10 Å². The molecule has 4 heterocycles. The fourth-order valence-electron chi connectivity index (χ4n) is 10.4. The van der Waals surface area contributed by atoms with Crippen LogP contribution in [-0.4, -0.2) is 45.6 Å². The first-order chi connectivity index (χ1) is 29.3. The molecule has 14 heteroatoms. The van der Waals surface area contributed by atoms with Gasteiger partial charge >= 0.3 is 0 Å². The SMILES string of the molecule is COc1cc(C2C3=CCC4C(=O)N(c5ccc(Nc6ccccc6)cc5)C(=O)C4C3CC3C(=O)N(c4cc(-c5sc6ccc(Cl)cc6c5C)nn4C)C(=O)C32C)cc(I)c1O. The molecule has 4 aliphatic rings. The zero-order chi connectivity index (χ0) is 42.6. The molecule has 6 unspecified atom stereocenters. The number of hydrogen-bond acceptors (Lipinski definition) is 9. The van der Waals surface area contributed by atoms with Crippen LogP contribution in [0.25, 0.3) is 20.7 Å². The van der Waals surface area contributed by atoms with E-state index in [1.54, 1.807) is 47.3 Å². The molecule has 4 amide bonds. The first-order valence-electron chi connectivity index (χ1n) is 20.0. The Bertz CT molecular complexity index is 2890. The molecule has 0 spiro atoms. The Balaban J connectivity index is 1.04. The molecule has 11 nitrogen and oxygen atoms in total. The van der Waals surface area contributed by atoms with Crippen LogP contribution in [-0.2, 0) is 26.2 Å². The summed E-state index contributed by atoms with van der Waals surface area (Å²) in [5, 5.41) is 20.7. The van der Waals surface area contributed by atoms with Crippen molar-refractivity contribution in [3.05, 3.63) is 122 Å². The summed E-state index contributed by atoms with van der Waals surface area (Å²) in [6.07, 6.45) is 2.51. The number of halogens is 2. The van der Waals surface area contributed by atoms with Gasteiger partial charge in [0, 0.05) is 40.1 Å². The van der Waals surface area contributed by atoms with Crippen LogP contribution < -0.4 is 19.9 Å². The Kier molecular flexibility index (Phi) is 9.45. The Morgan fingerprint density at radius 1 is 0.918 bits per heavy atom. The van der Waals surface area contributed by atoms with Gasteiger partial charge < -0.3 is 15.2 Å². The van der Waals surface area contributed by atoms with Crippen molar-refractivity contribution in [2.45, 2.75) is 32.6 Å². The molecule has 10 rings (SSSR count). The number of ether oxygens (including phenoxy) is 1. The van der Waals surface area contributed by atoms with Crippen LogP contribution in [0.3, 0.4) is 0 Å². The number of aromatic nitrogens is 2. The lowest BCUT2D eigenvalue weighted by atomic mass is 9.51. The molecule has 6 atom stereocenters. The Hall–Kier alpha value is -5.51. The van der Waals surface area contributed by atoms with Crippen molar-refractivity contribution >= 4 is 102 Å². The van der Waals surface area contributed by atoms with E-state index >= 15 is 9.59 Å². The van der Waals surface area contributed by atoms with E-state index in [-0.39, 0.29) is 41.5 Å². The molecule has 2 aliphatic carbocycles. The second-order valence-corrected chi connectivity index (χ2v) is 19.1. The second kappa shape index (κ2) is 14.6. The number of aryl methyl sites for hydroxylation is 2. The van der Waals surface area contributed by atoms with Crippen LogP contribution in [0.1, 0.15) is 36.8 Å². The van der Waals surface area contributed by atoms with Crippen molar-refractivity contribution in [1.82, 2.24) is 9.78 Å². The van der Waals surface area contributed by atoms with E-state index in [1.165, 1.54) is 16.9 Å². The van der Waals surface area contributed by atoms with Crippen LogP contribution in [0.4, 0.5) is 22.9 Å². The molecular formula is C47H39ClIN5O6S. The van der Waals surface area contributed by atoms with Crippen molar-refractivity contribution in [1.29, 1.82) is 0 Å². The number of aromatic hydroxyl groups is 1. The number of allylic oxidation sites excluding steroid dienone is 2. The molecule has 4 aromatic carbocycles. The number of nitrogens with zero attached hydrogens (tertiary/aromatic N) is 4. The number of methoxy groups -OCH3 is 1. The first-order valence-corrected chi connectivity index (χ1v) is 22.2. The minimum Gasteiger partial charge on any atom is -0.504 e. The second-order valence-electron chi connectivity index (χ2n) is 16.5. The maximum Gasteiger partial charge on any atom is 0.242 e. The number of phenols is 1. The zero-order valence-corrected chi connectivity index (χ0v) is 37.2. The van der Waals surface area contributed by atoms with Gasteiger partial charge in [0.2, 0.25) is 23.6 Å². The number of anilines is 4. The van der Waals surface area contributed by atoms with Gasteiger partial charge in [-0.15, -0.1) is 11.3 Å². The number of nitrogens with one attached hydrogen (secondary N) is 1. The summed E-state index contributed by atoms with van der Waals surface area (Å²) < 4.78 is 8.74. The molecule has 1 saturated carbocycles. The number of amides is 4. The monoisotopic (exact) mass is 963 g/mol. The van der Waals surface area contributed by atoms with Crippen molar-refractivity contribution in [2.24, 2.45) is 36.1 Å². The molecule has 0 radical (unpaired) electrons. The summed E-state index contributed by atoms with van der Waals surface area (Å²) in [5.74, 6) is -4.28. The van der Waals surface area contributed by atoms with Crippen LogP contribution in [0.15, 0.2) is 103 Å². The van der Waals surface area contributed by atoms with E-state index in [0.717, 1.165) is 37.5 Å². The fourth-order valence-corrected chi connectivity index (χ4v) is 12.3. The van der Waals surface area contributed by atoms with Crippen molar-refractivity contribution < 1.29 is 29.0 Å². The van der Waals surface area contributed by atoms with E-state index in [1.807, 2.05) is 109 Å². The van der Waals surface area contributed by atoms with Gasteiger partial charge in [0.1, 0.15) is 11.5 Å². The van der Waals surface area contributed by atoms with E-state index in [2.05, 4.69) is 5.32 Å². The number of imide groups is 2. The molecule has 2 aromatic heterocycles. The molecule has 0 bridgehead atoms. The van der Waals surface area contributed by atoms with E-state index in [4.69, 9.17) is 21.4 Å². The molecule has 308 valence electrons. The zero-order valence-electron chi connectivity index (χ0n) is 33.5. The number of rotatable bonds is 7. The first kappa shape index (κ1) is 39.6. The summed E-state index contributed by atoms with van der Waals surface area (Å²) in [7, 11) is 3.19. The van der Waals surface area contributed by atoms with E-state index in [9.17, 15) is 14.7 Å². The van der Waals surface area contributed by atoms with Crippen molar-refractivity contribution in [3.63, 3.8) is 0 Å². The molecular weight excluding hydrogens is 925 g/mol. The molecule has 2 N–H and O–H groups in total. The average Bonchev–Trinajstić information content (AvgIpc) is 3.92. The van der Waals surface area contributed by atoms with Crippen LogP contribution in [0, 0.1) is 39.6 Å². The third-order valence-corrected chi connectivity index (χ3v) is 15.6. The maximum absolute atomic E-state index is 15.3. The predicted octanol–water partition coefficient (Wildman–Crippen LogP) is 9.76. The smallest absolute Gasteiger partial charge is 0.242 e. The van der Waals surface area contributed by atoms with Gasteiger partial charge in [0.05, 0.1) is 44.4 Å². The number of hydrogen-bond donors (Lipinski definition) is 2. The third-order valence-electron chi connectivity index (χ3n) is 13.3. The molecule has 3 fully saturated rings. The van der Waals surface area contributed by atoms with Crippen LogP contribution in [0.2, 0.25) is 5.02 Å². The van der Waals surface area contributed by atoms with Gasteiger partial charge in [0.15, 0.2) is 11.5 Å². The van der Waals surface area contributed by atoms with Crippen molar-refractivity contribution in [3.8, 4) is 22.1 Å². The lowest BCUT2D eigenvalue weighted by Gasteiger charge is -2.49. The van der Waals surface area contributed by atoms with E-state index < -0.39 is 35.0 Å². The lowest BCUT2D eigenvalue weighted by Crippen LogP contribution is -2.49. The summed E-state index contributed by atoms with van der Waals surface area (Å²) in [6, 6.07) is 28.0. The number of carbonyl (C=O) groups is 4. The predicted molar refractivity (Wildman–Crippen MR) is 244 cm³/mol. The van der Waals surface area contributed by atoms with Gasteiger partial charge in [-0.3, -0.25) is 28.8 Å². The summed E-state index contributed by atoms with van der Waals surface area (Å²) in [5.41, 5.74) is 4.01. The maximum atomic E-state index is 15.3. The molecule has 2 saturated heterocycles. The normalized spacial score (nSPS) is 24.6. The van der Waals surface area contributed by atoms with Crippen molar-refractivity contribution in [2.75, 3.05) is 22.2 Å². The minimum atomic E-state index is -1.31. The minimum absolute atomic E-state index is 0.0348. The highest BCUT2D eigenvalue weighted by atomic mass is 127. The average molecular weight is 964 g/mol. The highest BCUT2D eigenvalue weighted by Crippen LogP contribution is 2.64. The topological polar surface area (TPSA) is 134 Å². The third kappa shape index (κ3) is 5.98. The largest absolute Gasteiger partial charge is 0.504 e. The van der Waals surface area contributed by atoms with Gasteiger partial charge in [-0.05, 0) is 138 Å². The lowest BCUT2D eigenvalue weighted by molar-refractivity contribution is -0.131. The van der Waals surface area contributed by atoms with E-state index in [0.29, 0.717) is 37.8 Å². The number of fused-ring (bicyclic) bond motifs is 5. The molecule has 6 aromatic rings. The molecule has 61 heavy (non-hydrogen) atoms. The highest BCUT2D eigenvalue weighted by Gasteiger charge is 2.68. The Morgan fingerprint density at radius 3 is 2.39 bits per heavy atom. The summed E-state index contributed by atoms with van der Waals surface area (Å²) in [4.78, 5) is 62.9. The number of carbonyl (C=O) groups excluding carboxylic acids is 4. The highest BCUT2D eigenvalue weighted by molar-refractivity contribution is 14.1. The quantitative estimate of drug-likeness (QED) is 0.0919. The standard InChI is InChI=1S/C47H39ClIN5O6S/c1-23-31-20-25(48)10-17-37(31)61-42(23)35-22-38(52(3)51-35)54-44(57)33-21-32-29(40(47(33,2)46(54)59)24-18-34(49)41(55)36(19-24)60-4)15-16-30-39(32)45(58)53(43(30)56)28-13-11-27(12-14-28)50-26-8-6-5-7-9-26/h5-15,17-20,22,30,32-33,39-40,50,55H,16,21H2,1-4H3. The fraction of sp³-hybridized carbons (Fsp3) is 0.255. The number of thiophene rings is 1. The van der Waals surface area contributed by atoms with Crippen LogP contribution in [0.5, 0.6) is 11.5 Å². The Labute approximate surface area is 374 Å². The van der Waals surface area contributed by atoms with Gasteiger partial charge in [-0.25, -0.2) is 4.90 Å². The van der Waals surface area contributed by atoms with Gasteiger partial charge in [0.25, 0.3) is 0 Å². The number of benzene rings is 4. The van der Waals surface area contributed by atoms with Gasteiger partial charge in [-0.1, -0.05) is 41.4 Å². The van der Waals surface area contributed by atoms with Crippen LogP contribution >= 0.6 is 45.5 Å².